The molecule has 11 nitrogen and oxygen atoms in total. The largest absolute Gasteiger partial charge is 0.598 e. The molecule has 1 atom stereocenters. The third-order valence-electron chi connectivity index (χ3n) is 5.34. The van der Waals surface area contributed by atoms with Gasteiger partial charge in [0.25, 0.3) is 0 Å². The average Bonchev–Trinajstić information content (AvgIpc) is 3.24. The Morgan fingerprint density at radius 1 is 1.00 bits per heavy atom. The molecule has 2 N–H and O–H groups in total. The number of thiazole rings is 1. The van der Waals surface area contributed by atoms with Gasteiger partial charge in [-0.1, -0.05) is 11.3 Å². The SMILES string of the molecule is C[S+]([O-])N1CCN(c2nc3nc(-c4cnc(N)nc4)nc(N4CCOCC4)c3s2)CC1. The van der Waals surface area contributed by atoms with E-state index in [1.54, 1.807) is 30.0 Å². The molecule has 13 heteroatoms. The number of nitrogen functional groups attached to an aromatic ring is 1. The van der Waals surface area contributed by atoms with E-state index >= 15 is 0 Å². The lowest BCUT2D eigenvalue weighted by atomic mass is 10.3. The molecule has 164 valence electrons. The van der Waals surface area contributed by atoms with Gasteiger partial charge >= 0.3 is 0 Å². The van der Waals surface area contributed by atoms with Crippen molar-refractivity contribution in [2.45, 2.75) is 0 Å². The van der Waals surface area contributed by atoms with Gasteiger partial charge in [0.1, 0.15) is 11.0 Å². The molecule has 3 aromatic rings. The predicted molar refractivity (Wildman–Crippen MR) is 122 cm³/mol. The Morgan fingerprint density at radius 2 is 1.71 bits per heavy atom. The van der Waals surface area contributed by atoms with E-state index in [-0.39, 0.29) is 5.95 Å². The summed E-state index contributed by atoms with van der Waals surface area (Å²) in [6.45, 7) is 5.89. The Bertz CT molecular complexity index is 1050. The summed E-state index contributed by atoms with van der Waals surface area (Å²) in [5, 5.41) is 0.908. The van der Waals surface area contributed by atoms with Crippen molar-refractivity contribution in [3.05, 3.63) is 12.4 Å². The minimum Gasteiger partial charge on any atom is -0.598 e. The number of piperazine rings is 1. The fourth-order valence-electron chi connectivity index (χ4n) is 3.64. The van der Waals surface area contributed by atoms with Crippen LogP contribution in [-0.4, -0.2) is 92.5 Å². The molecule has 2 saturated heterocycles. The Balaban J connectivity index is 1.53. The lowest BCUT2D eigenvalue weighted by Gasteiger charge is -2.33. The van der Waals surface area contributed by atoms with E-state index < -0.39 is 11.4 Å². The van der Waals surface area contributed by atoms with E-state index in [4.69, 9.17) is 25.4 Å². The maximum atomic E-state index is 11.7. The van der Waals surface area contributed by atoms with E-state index in [2.05, 4.69) is 19.8 Å². The second-order valence-corrected chi connectivity index (χ2v) is 9.63. The highest BCUT2D eigenvalue weighted by Gasteiger charge is 2.27. The van der Waals surface area contributed by atoms with Gasteiger partial charge in [-0.25, -0.2) is 19.9 Å². The van der Waals surface area contributed by atoms with Crippen LogP contribution in [0.4, 0.5) is 16.9 Å². The van der Waals surface area contributed by atoms with Crippen molar-refractivity contribution in [3.63, 3.8) is 0 Å². The van der Waals surface area contributed by atoms with Gasteiger partial charge in [0.05, 0.1) is 31.9 Å². The summed E-state index contributed by atoms with van der Waals surface area (Å²) in [6, 6.07) is 0. The second-order valence-electron chi connectivity index (χ2n) is 7.29. The van der Waals surface area contributed by atoms with Gasteiger partial charge in [0.2, 0.25) is 5.95 Å². The predicted octanol–water partition coefficient (Wildman–Crippen LogP) is 0.378. The fourth-order valence-corrected chi connectivity index (χ4v) is 5.40. The van der Waals surface area contributed by atoms with Gasteiger partial charge in [-0.15, -0.1) is 4.31 Å². The van der Waals surface area contributed by atoms with Crippen molar-refractivity contribution in [2.75, 3.05) is 74.3 Å². The Morgan fingerprint density at radius 3 is 2.39 bits per heavy atom. The number of aromatic nitrogens is 5. The molecular weight excluding hydrogens is 438 g/mol. The van der Waals surface area contributed by atoms with Crippen molar-refractivity contribution >= 4 is 49.9 Å². The van der Waals surface area contributed by atoms with Crippen molar-refractivity contribution in [2.24, 2.45) is 0 Å². The van der Waals surface area contributed by atoms with Crippen LogP contribution < -0.4 is 15.5 Å². The first kappa shape index (κ1) is 20.6. The highest BCUT2D eigenvalue weighted by molar-refractivity contribution is 7.88. The molecule has 31 heavy (non-hydrogen) atoms. The quantitative estimate of drug-likeness (QED) is 0.541. The zero-order chi connectivity index (χ0) is 21.4. The van der Waals surface area contributed by atoms with Crippen LogP contribution in [0.5, 0.6) is 0 Å². The van der Waals surface area contributed by atoms with Gasteiger partial charge in [-0.3, -0.25) is 0 Å². The standard InChI is InChI=1S/C18H23N9O2S2/c1-31(28)27-4-2-26(3-5-27)18-24-15-13(30-18)16(25-6-8-29-9-7-25)23-14(22-15)12-10-20-17(19)21-11-12/h10-11H,2-9H2,1H3,(H2,19,20,21). The maximum absolute atomic E-state index is 11.7. The zero-order valence-electron chi connectivity index (χ0n) is 17.1. The summed E-state index contributed by atoms with van der Waals surface area (Å²) >= 11 is 0.659. The number of hydrogen-bond donors (Lipinski definition) is 1. The smallest absolute Gasteiger partial charge is 0.219 e. The summed E-state index contributed by atoms with van der Waals surface area (Å²) < 4.78 is 20.2. The van der Waals surface area contributed by atoms with Crippen LogP contribution >= 0.6 is 11.3 Å². The summed E-state index contributed by atoms with van der Waals surface area (Å²) in [5.41, 5.74) is 6.98. The first-order valence-electron chi connectivity index (χ1n) is 10.0. The number of morpholine rings is 1. The molecule has 0 amide bonds. The van der Waals surface area contributed by atoms with Gasteiger partial charge in [-0.2, -0.15) is 4.98 Å². The van der Waals surface area contributed by atoms with E-state index in [1.165, 1.54) is 0 Å². The number of rotatable bonds is 4. The van der Waals surface area contributed by atoms with E-state index in [9.17, 15) is 4.55 Å². The summed E-state index contributed by atoms with van der Waals surface area (Å²) in [5.74, 6) is 1.59. The van der Waals surface area contributed by atoms with E-state index in [1.807, 2.05) is 4.31 Å². The van der Waals surface area contributed by atoms with Crippen molar-refractivity contribution < 1.29 is 9.29 Å². The number of fused-ring (bicyclic) bond motifs is 1. The Kier molecular flexibility index (Phi) is 5.75. The fraction of sp³-hybridized carbons (Fsp3) is 0.500. The van der Waals surface area contributed by atoms with Crippen LogP contribution in [0.1, 0.15) is 0 Å². The van der Waals surface area contributed by atoms with E-state index in [0.717, 1.165) is 54.9 Å². The maximum Gasteiger partial charge on any atom is 0.219 e. The molecule has 2 aliphatic rings. The molecule has 3 aromatic heterocycles. The third kappa shape index (κ3) is 4.23. The molecule has 2 aliphatic heterocycles. The highest BCUT2D eigenvalue weighted by Crippen LogP contribution is 2.36. The molecule has 2 fully saturated rings. The van der Waals surface area contributed by atoms with Crippen LogP contribution in [0.15, 0.2) is 12.4 Å². The van der Waals surface area contributed by atoms with Gasteiger partial charge in [-0.05, 0) is 0 Å². The third-order valence-corrected chi connectivity index (χ3v) is 7.53. The number of hydrogen-bond acceptors (Lipinski definition) is 12. The molecule has 5 heterocycles. The van der Waals surface area contributed by atoms with Gasteiger partial charge < -0.3 is 24.8 Å². The second kappa shape index (κ2) is 8.67. The van der Waals surface area contributed by atoms with Gasteiger partial charge in [0.15, 0.2) is 22.4 Å². The van der Waals surface area contributed by atoms with Crippen LogP contribution in [-0.2, 0) is 16.1 Å². The van der Waals surface area contributed by atoms with Crippen molar-refractivity contribution in [1.29, 1.82) is 0 Å². The first-order valence-corrected chi connectivity index (χ1v) is 12.3. The molecule has 0 aromatic carbocycles. The van der Waals surface area contributed by atoms with Crippen molar-refractivity contribution in [3.8, 4) is 11.4 Å². The van der Waals surface area contributed by atoms with Crippen LogP contribution in [0.25, 0.3) is 21.7 Å². The monoisotopic (exact) mass is 461 g/mol. The van der Waals surface area contributed by atoms with Crippen LogP contribution in [0.3, 0.4) is 0 Å². The van der Waals surface area contributed by atoms with Crippen molar-refractivity contribution in [1.82, 2.24) is 29.2 Å². The molecular formula is C18H23N9O2S2. The highest BCUT2D eigenvalue weighted by atomic mass is 32.2. The van der Waals surface area contributed by atoms with Gasteiger partial charge in [0, 0.05) is 49.9 Å². The molecule has 0 bridgehead atoms. The minimum atomic E-state index is -0.943. The number of nitrogens with zero attached hydrogens (tertiary/aromatic N) is 8. The van der Waals surface area contributed by atoms with Crippen LogP contribution in [0, 0.1) is 0 Å². The Hall–Kier alpha value is -2.32. The zero-order valence-corrected chi connectivity index (χ0v) is 18.7. The topological polar surface area (TPSA) is 132 Å². The molecule has 0 aliphatic carbocycles. The average molecular weight is 462 g/mol. The summed E-state index contributed by atoms with van der Waals surface area (Å²) in [4.78, 5) is 27.0. The normalized spacial score (nSPS) is 19.2. The molecule has 0 spiro atoms. The molecule has 1 unspecified atom stereocenters. The molecule has 0 radical (unpaired) electrons. The minimum absolute atomic E-state index is 0.210. The summed E-state index contributed by atoms with van der Waals surface area (Å²) in [7, 11) is 0. The first-order chi connectivity index (χ1) is 15.1. The van der Waals surface area contributed by atoms with Crippen LogP contribution in [0.2, 0.25) is 0 Å². The van der Waals surface area contributed by atoms with E-state index in [0.29, 0.717) is 30.2 Å². The summed E-state index contributed by atoms with van der Waals surface area (Å²) in [6.07, 6.45) is 4.98. The number of nitrogens with two attached hydrogens (primary N) is 1. The lowest BCUT2D eigenvalue weighted by molar-refractivity contribution is 0.122. The number of anilines is 3. The molecule has 0 saturated carbocycles. The Labute approximate surface area is 186 Å². The number of ether oxygens (including phenoxy) is 1. The molecule has 5 rings (SSSR count). The lowest BCUT2D eigenvalue weighted by Crippen LogP contribution is -2.48.